The van der Waals surface area contributed by atoms with Gasteiger partial charge in [-0.15, -0.1) is 0 Å². The smallest absolute Gasteiger partial charge is 0.266 e. The summed E-state index contributed by atoms with van der Waals surface area (Å²) in [6, 6.07) is 20.4. The monoisotopic (exact) mass is 450 g/mol. The quantitative estimate of drug-likeness (QED) is 0.588. The lowest BCUT2D eigenvalue weighted by Gasteiger charge is -2.15. The maximum Gasteiger partial charge on any atom is 0.266 e. The Labute approximate surface area is 175 Å². The van der Waals surface area contributed by atoms with Gasteiger partial charge in [0, 0.05) is 10.2 Å². The van der Waals surface area contributed by atoms with Crippen molar-refractivity contribution in [2.75, 3.05) is 16.8 Å². The van der Waals surface area contributed by atoms with Gasteiger partial charge in [-0.25, -0.2) is 4.90 Å². The first-order valence-corrected chi connectivity index (χ1v) is 9.58. The average molecular weight is 451 g/mol. The standard InChI is InChI=1S/C22H15BrN2O4/c23-14-8-10-17(11-9-14)29-13-20(26)24-15-4-3-5-16(12-15)25-21(27)18-6-1-2-7-19(18)22(25)28/h1-12H,13H2,(H,24,26). The number of nitrogens with one attached hydrogen (secondary N) is 1. The van der Waals surface area contributed by atoms with Gasteiger partial charge < -0.3 is 10.1 Å². The highest BCUT2D eigenvalue weighted by atomic mass is 79.9. The van der Waals surface area contributed by atoms with Gasteiger partial charge >= 0.3 is 0 Å². The Morgan fingerprint density at radius 3 is 2.21 bits per heavy atom. The van der Waals surface area contributed by atoms with Crippen LogP contribution in [0.5, 0.6) is 5.75 Å². The van der Waals surface area contributed by atoms with Crippen molar-refractivity contribution >= 4 is 45.0 Å². The Morgan fingerprint density at radius 2 is 1.55 bits per heavy atom. The molecule has 0 bridgehead atoms. The summed E-state index contributed by atoms with van der Waals surface area (Å²) in [5.41, 5.74) is 1.59. The van der Waals surface area contributed by atoms with Crippen LogP contribution >= 0.6 is 15.9 Å². The normalized spacial score (nSPS) is 12.7. The molecule has 1 aliphatic rings. The number of imide groups is 1. The van der Waals surface area contributed by atoms with Crippen LogP contribution in [0.1, 0.15) is 20.7 Å². The van der Waals surface area contributed by atoms with E-state index in [-0.39, 0.29) is 24.3 Å². The third kappa shape index (κ3) is 3.90. The van der Waals surface area contributed by atoms with E-state index in [0.717, 1.165) is 9.37 Å². The lowest BCUT2D eigenvalue weighted by molar-refractivity contribution is -0.118. The Balaban J connectivity index is 1.45. The molecule has 1 aliphatic heterocycles. The molecule has 0 saturated carbocycles. The van der Waals surface area contributed by atoms with Crippen molar-refractivity contribution in [1.82, 2.24) is 0 Å². The molecular formula is C22H15BrN2O4. The summed E-state index contributed by atoms with van der Waals surface area (Å²) in [5, 5.41) is 2.72. The summed E-state index contributed by atoms with van der Waals surface area (Å²) in [7, 11) is 0. The zero-order chi connectivity index (χ0) is 20.4. The summed E-state index contributed by atoms with van der Waals surface area (Å²) in [5.74, 6) is -0.546. The van der Waals surface area contributed by atoms with E-state index < -0.39 is 0 Å². The van der Waals surface area contributed by atoms with Crippen LogP contribution in [0.4, 0.5) is 11.4 Å². The van der Waals surface area contributed by atoms with Gasteiger partial charge in [-0.05, 0) is 54.6 Å². The number of ether oxygens (including phenoxy) is 1. The number of amides is 3. The first-order valence-electron chi connectivity index (χ1n) is 8.79. The Hall–Kier alpha value is -3.45. The number of carbonyl (C=O) groups is 3. The van der Waals surface area contributed by atoms with E-state index in [1.54, 1.807) is 60.7 Å². The molecule has 3 amide bonds. The molecule has 6 nitrogen and oxygen atoms in total. The average Bonchev–Trinajstić information content (AvgIpc) is 2.98. The molecule has 4 rings (SSSR count). The van der Waals surface area contributed by atoms with Crippen LogP contribution in [0, 0.1) is 0 Å². The third-order valence-electron chi connectivity index (χ3n) is 4.37. The van der Waals surface area contributed by atoms with Crippen molar-refractivity contribution in [3.63, 3.8) is 0 Å². The first kappa shape index (κ1) is 18.9. The summed E-state index contributed by atoms with van der Waals surface area (Å²) in [6.07, 6.45) is 0. The molecule has 144 valence electrons. The second-order valence-electron chi connectivity index (χ2n) is 6.33. The Morgan fingerprint density at radius 1 is 0.897 bits per heavy atom. The third-order valence-corrected chi connectivity index (χ3v) is 4.89. The molecule has 0 spiro atoms. The van der Waals surface area contributed by atoms with Gasteiger partial charge in [-0.1, -0.05) is 34.1 Å². The van der Waals surface area contributed by atoms with Crippen molar-refractivity contribution in [1.29, 1.82) is 0 Å². The summed E-state index contributed by atoms with van der Waals surface area (Å²) < 4.78 is 6.37. The fraction of sp³-hybridized carbons (Fsp3) is 0.0455. The van der Waals surface area contributed by atoms with Gasteiger partial charge in [0.2, 0.25) is 0 Å². The van der Waals surface area contributed by atoms with Crippen LogP contribution in [0.15, 0.2) is 77.3 Å². The lowest BCUT2D eigenvalue weighted by Crippen LogP contribution is -2.29. The van der Waals surface area contributed by atoms with Crippen molar-refractivity contribution in [3.8, 4) is 5.75 Å². The molecule has 0 atom stereocenters. The van der Waals surface area contributed by atoms with Crippen molar-refractivity contribution in [2.24, 2.45) is 0 Å². The molecule has 3 aromatic rings. The van der Waals surface area contributed by atoms with Crippen LogP contribution in [-0.2, 0) is 4.79 Å². The molecule has 0 radical (unpaired) electrons. The van der Waals surface area contributed by atoms with Gasteiger partial charge in [0.05, 0.1) is 16.8 Å². The predicted octanol–water partition coefficient (Wildman–Crippen LogP) is 4.27. The number of nitrogens with zero attached hydrogens (tertiary/aromatic N) is 1. The molecule has 0 aliphatic carbocycles. The predicted molar refractivity (Wildman–Crippen MR) is 112 cm³/mol. The molecular weight excluding hydrogens is 436 g/mol. The topological polar surface area (TPSA) is 75.7 Å². The highest BCUT2D eigenvalue weighted by Crippen LogP contribution is 2.29. The number of hydrogen-bond donors (Lipinski definition) is 1. The number of anilines is 2. The minimum Gasteiger partial charge on any atom is -0.484 e. The molecule has 0 aromatic heterocycles. The van der Waals surface area contributed by atoms with Crippen LogP contribution in [0.2, 0.25) is 0 Å². The van der Waals surface area contributed by atoms with Gasteiger partial charge in [0.15, 0.2) is 6.61 Å². The van der Waals surface area contributed by atoms with E-state index in [2.05, 4.69) is 21.2 Å². The van der Waals surface area contributed by atoms with Crippen molar-refractivity contribution in [2.45, 2.75) is 0 Å². The number of hydrogen-bond acceptors (Lipinski definition) is 4. The largest absolute Gasteiger partial charge is 0.484 e. The molecule has 29 heavy (non-hydrogen) atoms. The fourth-order valence-electron chi connectivity index (χ4n) is 3.02. The van der Waals surface area contributed by atoms with E-state index >= 15 is 0 Å². The summed E-state index contributed by atoms with van der Waals surface area (Å²) >= 11 is 3.34. The molecule has 1 heterocycles. The van der Waals surface area contributed by atoms with Crippen LogP contribution in [0.3, 0.4) is 0 Å². The molecule has 3 aromatic carbocycles. The van der Waals surface area contributed by atoms with E-state index in [1.807, 2.05) is 12.1 Å². The van der Waals surface area contributed by atoms with E-state index in [0.29, 0.717) is 28.3 Å². The first-order chi connectivity index (χ1) is 14.0. The van der Waals surface area contributed by atoms with Gasteiger partial charge in [0.1, 0.15) is 5.75 Å². The fourth-order valence-corrected chi connectivity index (χ4v) is 3.29. The molecule has 0 fully saturated rings. The van der Waals surface area contributed by atoms with Gasteiger partial charge in [0.25, 0.3) is 17.7 Å². The maximum absolute atomic E-state index is 12.6. The molecule has 0 unspecified atom stereocenters. The number of benzene rings is 3. The Bertz CT molecular complexity index is 1080. The second-order valence-corrected chi connectivity index (χ2v) is 7.25. The summed E-state index contributed by atoms with van der Waals surface area (Å²) in [6.45, 7) is -0.168. The van der Waals surface area contributed by atoms with E-state index in [9.17, 15) is 14.4 Å². The zero-order valence-corrected chi connectivity index (χ0v) is 16.7. The van der Waals surface area contributed by atoms with Crippen LogP contribution in [-0.4, -0.2) is 24.3 Å². The van der Waals surface area contributed by atoms with Crippen molar-refractivity contribution in [3.05, 3.63) is 88.4 Å². The minimum absolute atomic E-state index is 0.168. The molecule has 7 heteroatoms. The second kappa shape index (κ2) is 7.89. The molecule has 1 N–H and O–H groups in total. The number of halogens is 1. The maximum atomic E-state index is 12.6. The number of fused-ring (bicyclic) bond motifs is 1. The van der Waals surface area contributed by atoms with Crippen LogP contribution < -0.4 is 15.0 Å². The molecule has 0 saturated heterocycles. The van der Waals surface area contributed by atoms with Gasteiger partial charge in [-0.2, -0.15) is 0 Å². The van der Waals surface area contributed by atoms with E-state index in [1.165, 1.54) is 0 Å². The Kier molecular flexibility index (Phi) is 5.14. The highest BCUT2D eigenvalue weighted by molar-refractivity contribution is 9.10. The van der Waals surface area contributed by atoms with Crippen molar-refractivity contribution < 1.29 is 19.1 Å². The lowest BCUT2D eigenvalue weighted by atomic mass is 10.1. The van der Waals surface area contributed by atoms with Gasteiger partial charge in [-0.3, -0.25) is 14.4 Å². The number of carbonyl (C=O) groups excluding carboxylic acids is 3. The van der Waals surface area contributed by atoms with Crippen LogP contribution in [0.25, 0.3) is 0 Å². The highest BCUT2D eigenvalue weighted by Gasteiger charge is 2.36. The number of rotatable bonds is 5. The van der Waals surface area contributed by atoms with E-state index in [4.69, 9.17) is 4.74 Å². The minimum atomic E-state index is -0.382. The zero-order valence-electron chi connectivity index (χ0n) is 15.1. The summed E-state index contributed by atoms with van der Waals surface area (Å²) in [4.78, 5) is 38.5. The SMILES string of the molecule is O=C(COc1ccc(Br)cc1)Nc1cccc(N2C(=O)c3ccccc3C2=O)c1.